The molecule has 0 spiro atoms. The van der Waals surface area contributed by atoms with Gasteiger partial charge in [-0.15, -0.1) is 11.3 Å². The first-order valence-corrected chi connectivity index (χ1v) is 9.41. The number of carbonyl (C=O) groups excluding carboxylic acids is 1. The molecule has 27 heavy (non-hydrogen) atoms. The van der Waals surface area contributed by atoms with Gasteiger partial charge in [0.25, 0.3) is 5.56 Å². The first-order chi connectivity index (χ1) is 12.9. The number of amides is 1. The molecule has 0 aliphatic carbocycles. The summed E-state index contributed by atoms with van der Waals surface area (Å²) in [5.41, 5.74) is 0.436. The summed E-state index contributed by atoms with van der Waals surface area (Å²) < 4.78 is 8.12. The Balaban J connectivity index is 2.05. The number of aromatic nitrogens is 2. The van der Waals surface area contributed by atoms with Crippen LogP contribution in [0, 0.1) is 0 Å². The van der Waals surface area contributed by atoms with E-state index in [1.807, 2.05) is 13.8 Å². The Morgan fingerprint density at radius 2 is 1.85 bits per heavy atom. The van der Waals surface area contributed by atoms with Crippen molar-refractivity contribution in [3.63, 3.8) is 0 Å². The second kappa shape index (κ2) is 7.79. The number of carbonyl (C=O) groups is 1. The van der Waals surface area contributed by atoms with Crippen LogP contribution in [0.5, 0.6) is 5.75 Å². The van der Waals surface area contributed by atoms with Gasteiger partial charge in [-0.1, -0.05) is 12.1 Å². The van der Waals surface area contributed by atoms with E-state index >= 15 is 0 Å². The van der Waals surface area contributed by atoms with Crippen LogP contribution in [0.2, 0.25) is 0 Å². The van der Waals surface area contributed by atoms with Crippen molar-refractivity contribution >= 4 is 27.5 Å². The van der Waals surface area contributed by atoms with Gasteiger partial charge in [-0.3, -0.25) is 18.7 Å². The Kier molecular flexibility index (Phi) is 5.46. The van der Waals surface area contributed by atoms with E-state index in [0.29, 0.717) is 16.0 Å². The van der Waals surface area contributed by atoms with Crippen LogP contribution in [-0.2, 0) is 17.9 Å². The number of fused-ring (bicyclic) bond motifs is 1. The summed E-state index contributed by atoms with van der Waals surface area (Å²) in [5, 5.41) is 4.53. The third-order valence-electron chi connectivity index (χ3n) is 4.09. The molecule has 3 aromatic rings. The van der Waals surface area contributed by atoms with Crippen molar-refractivity contribution in [3.05, 3.63) is 62.1 Å². The van der Waals surface area contributed by atoms with Crippen molar-refractivity contribution in [2.45, 2.75) is 33.0 Å². The minimum atomic E-state index is -0.499. The molecule has 0 fully saturated rings. The van der Waals surface area contributed by atoms with Crippen LogP contribution < -0.4 is 21.3 Å². The average molecular weight is 387 g/mol. The van der Waals surface area contributed by atoms with E-state index in [4.69, 9.17) is 4.74 Å². The van der Waals surface area contributed by atoms with Crippen LogP contribution in [0.1, 0.15) is 19.4 Å². The second-order valence-corrected chi connectivity index (χ2v) is 7.38. The van der Waals surface area contributed by atoms with Gasteiger partial charge in [0.1, 0.15) is 17.0 Å². The van der Waals surface area contributed by atoms with Crippen molar-refractivity contribution in [2.24, 2.45) is 0 Å². The number of benzene rings is 1. The summed E-state index contributed by atoms with van der Waals surface area (Å²) in [6.07, 6.45) is 0. The molecule has 3 rings (SSSR count). The molecule has 0 saturated carbocycles. The van der Waals surface area contributed by atoms with Crippen molar-refractivity contribution in [2.75, 3.05) is 7.11 Å². The van der Waals surface area contributed by atoms with Crippen LogP contribution in [0.3, 0.4) is 0 Å². The number of hydrogen-bond donors (Lipinski definition) is 1. The molecule has 1 aromatic carbocycles. The highest BCUT2D eigenvalue weighted by molar-refractivity contribution is 7.17. The molecule has 0 saturated heterocycles. The Morgan fingerprint density at radius 1 is 1.15 bits per heavy atom. The molecule has 0 atom stereocenters. The van der Waals surface area contributed by atoms with Crippen molar-refractivity contribution < 1.29 is 9.53 Å². The fraction of sp³-hybridized carbons (Fsp3) is 0.316. The Morgan fingerprint density at radius 3 is 2.48 bits per heavy atom. The van der Waals surface area contributed by atoms with Gasteiger partial charge in [0.05, 0.1) is 19.2 Å². The van der Waals surface area contributed by atoms with Gasteiger partial charge < -0.3 is 10.1 Å². The van der Waals surface area contributed by atoms with E-state index < -0.39 is 5.69 Å². The van der Waals surface area contributed by atoms with E-state index in [1.165, 1.54) is 20.5 Å². The van der Waals surface area contributed by atoms with E-state index in [-0.39, 0.29) is 30.6 Å². The molecule has 7 nitrogen and oxygen atoms in total. The van der Waals surface area contributed by atoms with Crippen LogP contribution in [-0.4, -0.2) is 28.2 Å². The SMILES string of the molecule is COc1ccc(Cn2c(=O)c3sccc3n(CC(=O)NC(C)C)c2=O)cc1. The zero-order valence-electron chi connectivity index (χ0n) is 15.4. The second-order valence-electron chi connectivity index (χ2n) is 6.47. The topological polar surface area (TPSA) is 82.3 Å². The maximum absolute atomic E-state index is 13.0. The summed E-state index contributed by atoms with van der Waals surface area (Å²) >= 11 is 1.26. The highest BCUT2D eigenvalue weighted by atomic mass is 32.1. The molecular weight excluding hydrogens is 366 g/mol. The van der Waals surface area contributed by atoms with Gasteiger partial charge in [0.15, 0.2) is 0 Å². The van der Waals surface area contributed by atoms with Gasteiger partial charge in [0, 0.05) is 6.04 Å². The Bertz CT molecular complexity index is 1080. The quantitative estimate of drug-likeness (QED) is 0.699. The van der Waals surface area contributed by atoms with Gasteiger partial charge in [-0.2, -0.15) is 0 Å². The molecule has 0 unspecified atom stereocenters. The number of ether oxygens (including phenoxy) is 1. The molecule has 0 bridgehead atoms. The van der Waals surface area contributed by atoms with Crippen LogP contribution in [0.15, 0.2) is 45.3 Å². The summed E-state index contributed by atoms with van der Waals surface area (Å²) in [7, 11) is 1.57. The lowest BCUT2D eigenvalue weighted by atomic mass is 10.2. The van der Waals surface area contributed by atoms with E-state index in [1.54, 1.807) is 42.8 Å². The molecular formula is C19H21N3O4S. The zero-order chi connectivity index (χ0) is 19.6. The number of thiophene rings is 1. The Hall–Kier alpha value is -2.87. The molecule has 2 heterocycles. The third kappa shape index (κ3) is 3.95. The number of methoxy groups -OCH3 is 1. The molecule has 8 heteroatoms. The van der Waals surface area contributed by atoms with Crippen molar-refractivity contribution in [1.29, 1.82) is 0 Å². The highest BCUT2D eigenvalue weighted by Crippen LogP contribution is 2.16. The largest absolute Gasteiger partial charge is 0.497 e. The number of nitrogens with zero attached hydrogens (tertiary/aromatic N) is 2. The lowest BCUT2D eigenvalue weighted by molar-refractivity contribution is -0.122. The normalized spacial score (nSPS) is 11.1. The zero-order valence-corrected chi connectivity index (χ0v) is 16.2. The smallest absolute Gasteiger partial charge is 0.332 e. The summed E-state index contributed by atoms with van der Waals surface area (Å²) in [6.45, 7) is 3.70. The average Bonchev–Trinajstić information content (AvgIpc) is 3.12. The molecule has 1 N–H and O–H groups in total. The lowest BCUT2D eigenvalue weighted by Crippen LogP contribution is -2.43. The van der Waals surface area contributed by atoms with Gasteiger partial charge in [0.2, 0.25) is 5.91 Å². The van der Waals surface area contributed by atoms with Gasteiger partial charge >= 0.3 is 5.69 Å². The first kappa shape index (κ1) is 18.9. The molecule has 2 aromatic heterocycles. The molecule has 0 aliphatic heterocycles. The van der Waals surface area contributed by atoms with Crippen LogP contribution in [0.4, 0.5) is 0 Å². The highest BCUT2D eigenvalue weighted by Gasteiger charge is 2.17. The lowest BCUT2D eigenvalue weighted by Gasteiger charge is -2.13. The molecule has 0 radical (unpaired) electrons. The van der Waals surface area contributed by atoms with E-state index in [0.717, 1.165) is 5.56 Å². The predicted octanol–water partition coefficient (Wildman–Crippen LogP) is 1.81. The first-order valence-electron chi connectivity index (χ1n) is 8.54. The standard InChI is InChI=1S/C19H21N3O4S/c1-12(2)20-16(23)11-21-15-8-9-27-17(15)18(24)22(19(21)25)10-13-4-6-14(26-3)7-5-13/h4-9,12H,10-11H2,1-3H3,(H,20,23). The van der Waals surface area contributed by atoms with Gasteiger partial charge in [-0.05, 0) is 43.0 Å². The third-order valence-corrected chi connectivity index (χ3v) is 4.98. The van der Waals surface area contributed by atoms with E-state index in [2.05, 4.69) is 5.32 Å². The predicted molar refractivity (Wildman–Crippen MR) is 106 cm³/mol. The maximum atomic E-state index is 13.0. The fourth-order valence-electron chi connectivity index (χ4n) is 2.85. The number of hydrogen-bond acceptors (Lipinski definition) is 5. The number of nitrogens with one attached hydrogen (secondary N) is 1. The summed E-state index contributed by atoms with van der Waals surface area (Å²) in [6, 6.07) is 8.83. The summed E-state index contributed by atoms with van der Waals surface area (Å²) in [4.78, 5) is 38.0. The van der Waals surface area contributed by atoms with Crippen molar-refractivity contribution in [1.82, 2.24) is 14.5 Å². The number of rotatable bonds is 6. The fourth-order valence-corrected chi connectivity index (χ4v) is 3.69. The minimum Gasteiger partial charge on any atom is -0.497 e. The molecule has 0 aliphatic rings. The summed E-state index contributed by atoms with van der Waals surface area (Å²) in [5.74, 6) is 0.428. The van der Waals surface area contributed by atoms with Gasteiger partial charge in [-0.25, -0.2) is 4.79 Å². The molecule has 142 valence electrons. The van der Waals surface area contributed by atoms with E-state index in [9.17, 15) is 14.4 Å². The molecule has 1 amide bonds. The van der Waals surface area contributed by atoms with Crippen LogP contribution >= 0.6 is 11.3 Å². The monoisotopic (exact) mass is 387 g/mol. The Labute approximate surface area is 159 Å². The van der Waals surface area contributed by atoms with Crippen LogP contribution in [0.25, 0.3) is 10.2 Å². The maximum Gasteiger partial charge on any atom is 0.332 e. The van der Waals surface area contributed by atoms with Crippen molar-refractivity contribution in [3.8, 4) is 5.75 Å². The minimum absolute atomic E-state index is 0.0311.